The number of rotatable bonds is 6. The maximum Gasteiger partial charge on any atom is 0.236 e. The van der Waals surface area contributed by atoms with E-state index in [1.54, 1.807) is 17.0 Å². The average Bonchev–Trinajstić information content (AvgIpc) is 2.70. The van der Waals surface area contributed by atoms with Gasteiger partial charge in [-0.3, -0.25) is 4.79 Å². The van der Waals surface area contributed by atoms with E-state index < -0.39 is 0 Å². The Balaban J connectivity index is 1.56. The van der Waals surface area contributed by atoms with E-state index in [1.807, 2.05) is 24.3 Å². The Morgan fingerprint density at radius 3 is 2.63 bits per heavy atom. The molecule has 2 atom stereocenters. The summed E-state index contributed by atoms with van der Waals surface area (Å²) in [6.07, 6.45) is 0.650. The summed E-state index contributed by atoms with van der Waals surface area (Å²) in [5.41, 5.74) is 2.00. The Bertz CT molecular complexity index is 752. The zero-order valence-electron chi connectivity index (χ0n) is 15.3. The van der Waals surface area contributed by atoms with Crippen LogP contribution in [-0.2, 0) is 9.53 Å². The molecule has 0 radical (unpaired) electrons. The molecule has 3 rings (SSSR count). The van der Waals surface area contributed by atoms with Crippen LogP contribution in [0.4, 0.5) is 4.39 Å². The van der Waals surface area contributed by atoms with Crippen molar-refractivity contribution in [1.82, 2.24) is 10.2 Å². The highest BCUT2D eigenvalue weighted by molar-refractivity contribution is 6.30. The second kappa shape index (κ2) is 9.31. The molecule has 1 aliphatic rings. The van der Waals surface area contributed by atoms with Gasteiger partial charge >= 0.3 is 0 Å². The number of morpholine rings is 1. The molecule has 1 N–H and O–H groups in total. The Kier molecular flexibility index (Phi) is 6.83. The summed E-state index contributed by atoms with van der Waals surface area (Å²) in [6.45, 7) is 3.86. The minimum absolute atomic E-state index is 0.0397. The smallest absolute Gasteiger partial charge is 0.236 e. The maximum atomic E-state index is 13.1. The number of ether oxygens (including phenoxy) is 1. The number of nitrogens with one attached hydrogen (secondary N) is 1. The van der Waals surface area contributed by atoms with Gasteiger partial charge in [-0.15, -0.1) is 0 Å². The van der Waals surface area contributed by atoms with Gasteiger partial charge in [0.1, 0.15) is 11.9 Å². The third-order valence-corrected chi connectivity index (χ3v) is 5.09. The lowest BCUT2D eigenvalue weighted by Gasteiger charge is -2.33. The second-order valence-electron chi connectivity index (χ2n) is 6.64. The lowest BCUT2D eigenvalue weighted by atomic mass is 10.0. The van der Waals surface area contributed by atoms with Gasteiger partial charge in [0.05, 0.1) is 19.7 Å². The van der Waals surface area contributed by atoms with Crippen LogP contribution in [0, 0.1) is 5.82 Å². The molecular formula is C21H24ClFN2O2. The van der Waals surface area contributed by atoms with E-state index in [-0.39, 0.29) is 30.4 Å². The van der Waals surface area contributed by atoms with Gasteiger partial charge in [-0.2, -0.15) is 0 Å². The molecule has 2 aromatic rings. The van der Waals surface area contributed by atoms with Gasteiger partial charge in [0.2, 0.25) is 5.91 Å². The van der Waals surface area contributed by atoms with E-state index in [0.717, 1.165) is 17.5 Å². The Morgan fingerprint density at radius 2 is 1.96 bits per heavy atom. The van der Waals surface area contributed by atoms with Gasteiger partial charge < -0.3 is 15.0 Å². The molecule has 0 aliphatic carbocycles. The highest BCUT2D eigenvalue weighted by Gasteiger charge is 2.25. The second-order valence-corrected chi connectivity index (χ2v) is 7.08. The van der Waals surface area contributed by atoms with Gasteiger partial charge in [-0.25, -0.2) is 4.39 Å². The average molecular weight is 391 g/mol. The first kappa shape index (κ1) is 19.8. The third kappa shape index (κ3) is 5.28. The quantitative estimate of drug-likeness (QED) is 0.806. The highest BCUT2D eigenvalue weighted by atomic mass is 35.5. The topological polar surface area (TPSA) is 41.6 Å². The van der Waals surface area contributed by atoms with E-state index >= 15 is 0 Å². The summed E-state index contributed by atoms with van der Waals surface area (Å²) in [4.78, 5) is 14.5. The van der Waals surface area contributed by atoms with Crippen LogP contribution in [0.5, 0.6) is 0 Å². The van der Waals surface area contributed by atoms with Crippen molar-refractivity contribution in [3.8, 4) is 0 Å². The fourth-order valence-electron chi connectivity index (χ4n) is 3.27. The van der Waals surface area contributed by atoms with Crippen molar-refractivity contribution in [2.75, 3.05) is 26.2 Å². The number of carbonyl (C=O) groups is 1. The number of halogens is 2. The predicted octanol–water partition coefficient (Wildman–Crippen LogP) is 4.12. The van der Waals surface area contributed by atoms with Crippen molar-refractivity contribution in [2.24, 2.45) is 0 Å². The number of hydrogen-bond acceptors (Lipinski definition) is 3. The normalized spacial score (nSPS) is 18.3. The van der Waals surface area contributed by atoms with Crippen LogP contribution in [0.1, 0.15) is 36.6 Å². The molecule has 4 nitrogen and oxygen atoms in total. The van der Waals surface area contributed by atoms with Crippen molar-refractivity contribution in [3.63, 3.8) is 0 Å². The largest absolute Gasteiger partial charge is 0.370 e. The van der Waals surface area contributed by atoms with E-state index in [0.29, 0.717) is 24.7 Å². The van der Waals surface area contributed by atoms with Crippen molar-refractivity contribution in [2.45, 2.75) is 25.5 Å². The molecule has 1 aliphatic heterocycles. The van der Waals surface area contributed by atoms with Crippen LogP contribution in [0.2, 0.25) is 5.02 Å². The summed E-state index contributed by atoms with van der Waals surface area (Å²) in [5.74, 6) is -0.239. The minimum Gasteiger partial charge on any atom is -0.370 e. The summed E-state index contributed by atoms with van der Waals surface area (Å²) in [5, 5.41) is 4.04. The van der Waals surface area contributed by atoms with Gasteiger partial charge in [0.15, 0.2) is 0 Å². The molecule has 0 aromatic heterocycles. The monoisotopic (exact) mass is 390 g/mol. The molecule has 2 aromatic carbocycles. The molecule has 1 amide bonds. The zero-order valence-corrected chi connectivity index (χ0v) is 16.1. The van der Waals surface area contributed by atoms with Gasteiger partial charge in [0.25, 0.3) is 0 Å². The maximum absolute atomic E-state index is 13.1. The standard InChI is InChI=1S/C21H24ClFN2O2/c1-2-19(15-3-7-17(22)8-4-15)24-13-21(26)25-11-12-27-20(14-25)16-5-9-18(23)10-6-16/h3-10,19-20,24H,2,11-14H2,1H3. The van der Waals surface area contributed by atoms with Crippen molar-refractivity contribution in [1.29, 1.82) is 0 Å². The molecule has 6 heteroatoms. The SMILES string of the molecule is CCC(NCC(=O)N1CCOC(c2ccc(F)cc2)C1)c1ccc(Cl)cc1. The molecule has 144 valence electrons. The fourth-order valence-corrected chi connectivity index (χ4v) is 3.40. The van der Waals surface area contributed by atoms with Crippen LogP contribution in [-0.4, -0.2) is 37.0 Å². The summed E-state index contributed by atoms with van der Waals surface area (Å²) in [6, 6.07) is 14.0. The van der Waals surface area contributed by atoms with E-state index in [1.165, 1.54) is 12.1 Å². The number of carbonyl (C=O) groups excluding carboxylic acids is 1. The molecule has 27 heavy (non-hydrogen) atoms. The van der Waals surface area contributed by atoms with Crippen LogP contribution < -0.4 is 5.32 Å². The molecule has 2 unspecified atom stereocenters. The van der Waals surface area contributed by atoms with Crippen LogP contribution >= 0.6 is 11.6 Å². The Labute approximate surface area is 164 Å². The molecule has 1 fully saturated rings. The molecule has 1 saturated heterocycles. The lowest BCUT2D eigenvalue weighted by molar-refractivity contribution is -0.138. The number of benzene rings is 2. The van der Waals surface area contributed by atoms with Crippen LogP contribution in [0.3, 0.4) is 0 Å². The van der Waals surface area contributed by atoms with Gasteiger partial charge in [0, 0.05) is 17.6 Å². The number of nitrogens with zero attached hydrogens (tertiary/aromatic N) is 1. The van der Waals surface area contributed by atoms with Gasteiger partial charge in [-0.05, 0) is 41.8 Å². The zero-order chi connectivity index (χ0) is 19.2. The third-order valence-electron chi connectivity index (χ3n) is 4.84. The predicted molar refractivity (Wildman–Crippen MR) is 104 cm³/mol. The summed E-state index contributed by atoms with van der Waals surface area (Å²) < 4.78 is 18.9. The Morgan fingerprint density at radius 1 is 1.26 bits per heavy atom. The highest BCUT2D eigenvalue weighted by Crippen LogP contribution is 2.23. The number of amides is 1. The first-order chi connectivity index (χ1) is 13.1. The van der Waals surface area contributed by atoms with E-state index in [9.17, 15) is 9.18 Å². The van der Waals surface area contributed by atoms with Gasteiger partial charge in [-0.1, -0.05) is 42.8 Å². The first-order valence-corrected chi connectivity index (χ1v) is 9.58. The minimum atomic E-state index is -0.278. The molecule has 0 spiro atoms. The lowest BCUT2D eigenvalue weighted by Crippen LogP contribution is -2.46. The van der Waals surface area contributed by atoms with Crippen molar-refractivity contribution in [3.05, 3.63) is 70.5 Å². The molecule has 0 bridgehead atoms. The van der Waals surface area contributed by atoms with Crippen LogP contribution in [0.25, 0.3) is 0 Å². The fraction of sp³-hybridized carbons (Fsp3) is 0.381. The van der Waals surface area contributed by atoms with Crippen LogP contribution in [0.15, 0.2) is 48.5 Å². The molecular weight excluding hydrogens is 367 g/mol. The summed E-state index contributed by atoms with van der Waals surface area (Å²) in [7, 11) is 0. The molecule has 1 heterocycles. The van der Waals surface area contributed by atoms with Crippen molar-refractivity contribution >= 4 is 17.5 Å². The summed E-state index contributed by atoms with van der Waals surface area (Å²) >= 11 is 5.95. The van der Waals surface area contributed by atoms with E-state index in [2.05, 4.69) is 12.2 Å². The Hall–Kier alpha value is -1.95. The molecule has 0 saturated carbocycles. The van der Waals surface area contributed by atoms with Crippen molar-refractivity contribution < 1.29 is 13.9 Å². The number of hydrogen-bond donors (Lipinski definition) is 1. The first-order valence-electron chi connectivity index (χ1n) is 9.20. The van der Waals surface area contributed by atoms with E-state index in [4.69, 9.17) is 16.3 Å².